The highest BCUT2D eigenvalue weighted by Gasteiger charge is 2.41. The summed E-state index contributed by atoms with van der Waals surface area (Å²) >= 11 is 0. The number of carbonyl (C=O) groups is 2. The lowest BCUT2D eigenvalue weighted by atomic mass is 9.73. The molecule has 2 atom stereocenters. The molecule has 0 aliphatic heterocycles. The molecule has 0 spiro atoms. The van der Waals surface area contributed by atoms with Crippen molar-refractivity contribution >= 4 is 22.9 Å². The van der Waals surface area contributed by atoms with Gasteiger partial charge in [0, 0.05) is 0 Å². The Morgan fingerprint density at radius 1 is 1.38 bits per heavy atom. The number of fused-ring (bicyclic) bond motifs is 1. The Kier molecular flexibility index (Phi) is 3.32. The molecule has 1 amide bonds. The van der Waals surface area contributed by atoms with Crippen LogP contribution in [0.4, 0.5) is 4.39 Å². The number of benzene rings is 1. The maximum Gasteiger partial charge on any atom is 0.307 e. The van der Waals surface area contributed by atoms with E-state index in [9.17, 15) is 14.0 Å². The third-order valence-electron chi connectivity index (χ3n) is 3.85. The van der Waals surface area contributed by atoms with Gasteiger partial charge in [-0.2, -0.15) is 0 Å². The minimum absolute atomic E-state index is 0.165. The molecule has 0 saturated heterocycles. The summed E-state index contributed by atoms with van der Waals surface area (Å²) in [5.41, 5.74) is 1.18. The van der Waals surface area contributed by atoms with Crippen molar-refractivity contribution in [3.8, 4) is 0 Å². The van der Waals surface area contributed by atoms with E-state index >= 15 is 0 Å². The van der Waals surface area contributed by atoms with Gasteiger partial charge in [0.25, 0.3) is 0 Å². The van der Waals surface area contributed by atoms with Gasteiger partial charge in [0.1, 0.15) is 11.6 Å². The van der Waals surface area contributed by atoms with Crippen LogP contribution < -0.4 is 5.32 Å². The fraction of sp³-hybridized carbons (Fsp3) is 0.357. The van der Waals surface area contributed by atoms with Crippen molar-refractivity contribution in [3.05, 3.63) is 29.8 Å². The van der Waals surface area contributed by atoms with Gasteiger partial charge in [-0.15, -0.1) is 0 Å². The number of hydrogen-bond acceptors (Lipinski definition) is 3. The second-order valence-corrected chi connectivity index (χ2v) is 5.19. The number of aromatic amines is 1. The Morgan fingerprint density at radius 3 is 2.81 bits per heavy atom. The lowest BCUT2D eigenvalue weighted by Crippen LogP contribution is -2.43. The monoisotopic (exact) mass is 291 g/mol. The van der Waals surface area contributed by atoms with Gasteiger partial charge < -0.3 is 15.4 Å². The van der Waals surface area contributed by atoms with Gasteiger partial charge in [0.2, 0.25) is 5.91 Å². The van der Waals surface area contributed by atoms with Crippen molar-refractivity contribution in [2.75, 3.05) is 0 Å². The summed E-state index contributed by atoms with van der Waals surface area (Å²) in [5, 5.41) is 11.6. The standard InChI is InChI=1S/C14H14FN3O3/c15-7-1-4-10-11(5-7)18-12(17-10)6-16-13(19)8-2-3-9(8)14(20)21/h1,4-5,8-9H,2-3,6H2,(H,16,19)(H,17,18)(H,20,21). The van der Waals surface area contributed by atoms with Gasteiger partial charge in [-0.3, -0.25) is 9.59 Å². The summed E-state index contributed by atoms with van der Waals surface area (Å²) in [5.74, 6) is -2.12. The number of rotatable bonds is 4. The van der Waals surface area contributed by atoms with Crippen molar-refractivity contribution < 1.29 is 19.1 Å². The van der Waals surface area contributed by atoms with Gasteiger partial charge in [-0.25, -0.2) is 9.37 Å². The predicted molar refractivity (Wildman–Crippen MR) is 71.7 cm³/mol. The highest BCUT2D eigenvalue weighted by molar-refractivity contribution is 5.86. The molecule has 1 fully saturated rings. The molecule has 6 nitrogen and oxygen atoms in total. The number of hydrogen-bond donors (Lipinski definition) is 3. The van der Waals surface area contributed by atoms with E-state index in [0.717, 1.165) is 0 Å². The smallest absolute Gasteiger partial charge is 0.307 e. The molecule has 2 aromatic rings. The van der Waals surface area contributed by atoms with E-state index in [1.54, 1.807) is 6.07 Å². The second-order valence-electron chi connectivity index (χ2n) is 5.19. The maximum absolute atomic E-state index is 13.1. The number of aliphatic carboxylic acids is 1. The number of amides is 1. The van der Waals surface area contributed by atoms with E-state index in [4.69, 9.17) is 5.11 Å². The van der Waals surface area contributed by atoms with Crippen LogP contribution in [-0.4, -0.2) is 27.0 Å². The highest BCUT2D eigenvalue weighted by Crippen LogP contribution is 2.34. The Labute approximate surface area is 119 Å². The quantitative estimate of drug-likeness (QED) is 0.794. The summed E-state index contributed by atoms with van der Waals surface area (Å²) in [6.45, 7) is 0.165. The van der Waals surface area contributed by atoms with Gasteiger partial charge in [0.05, 0.1) is 29.4 Å². The molecule has 21 heavy (non-hydrogen) atoms. The number of H-pyrrole nitrogens is 1. The van der Waals surface area contributed by atoms with Crippen LogP contribution in [0, 0.1) is 17.7 Å². The third-order valence-corrected chi connectivity index (χ3v) is 3.85. The minimum atomic E-state index is -0.930. The third kappa shape index (κ3) is 2.58. The summed E-state index contributed by atoms with van der Waals surface area (Å²) in [6, 6.07) is 4.20. The summed E-state index contributed by atoms with van der Waals surface area (Å²) in [7, 11) is 0. The molecule has 3 rings (SSSR count). The van der Waals surface area contributed by atoms with Crippen molar-refractivity contribution in [2.45, 2.75) is 19.4 Å². The molecular weight excluding hydrogens is 277 g/mol. The van der Waals surface area contributed by atoms with Crippen molar-refractivity contribution in [3.63, 3.8) is 0 Å². The molecule has 1 aliphatic carbocycles. The lowest BCUT2D eigenvalue weighted by molar-refractivity contribution is -0.152. The number of carboxylic acid groups (broad SMARTS) is 1. The number of nitrogens with one attached hydrogen (secondary N) is 2. The van der Waals surface area contributed by atoms with E-state index in [1.165, 1.54) is 12.1 Å². The van der Waals surface area contributed by atoms with Crippen molar-refractivity contribution in [1.82, 2.24) is 15.3 Å². The zero-order chi connectivity index (χ0) is 15.0. The molecule has 0 bridgehead atoms. The number of aromatic nitrogens is 2. The molecule has 2 unspecified atom stereocenters. The van der Waals surface area contributed by atoms with Gasteiger partial charge in [-0.1, -0.05) is 0 Å². The number of imidazole rings is 1. The predicted octanol–water partition coefficient (Wildman–Crippen LogP) is 1.43. The van der Waals surface area contributed by atoms with Gasteiger partial charge >= 0.3 is 5.97 Å². The zero-order valence-electron chi connectivity index (χ0n) is 11.1. The normalized spacial score (nSPS) is 21.0. The largest absolute Gasteiger partial charge is 0.481 e. The van der Waals surface area contributed by atoms with Crippen LogP contribution in [0.25, 0.3) is 11.0 Å². The van der Waals surface area contributed by atoms with Crippen LogP contribution >= 0.6 is 0 Å². The summed E-state index contributed by atoms with van der Waals surface area (Å²) in [4.78, 5) is 29.9. The topological polar surface area (TPSA) is 95.1 Å². The molecule has 1 saturated carbocycles. The Hall–Kier alpha value is -2.44. The molecule has 110 valence electrons. The zero-order valence-corrected chi connectivity index (χ0v) is 11.1. The number of carbonyl (C=O) groups excluding carboxylic acids is 1. The average molecular weight is 291 g/mol. The van der Waals surface area contributed by atoms with Gasteiger partial charge in [-0.05, 0) is 31.0 Å². The molecule has 3 N–H and O–H groups in total. The first-order valence-corrected chi connectivity index (χ1v) is 6.69. The van der Waals surface area contributed by atoms with Crippen molar-refractivity contribution in [1.29, 1.82) is 0 Å². The SMILES string of the molecule is O=C(O)C1CCC1C(=O)NCc1nc2ccc(F)cc2[nH]1. The first-order chi connectivity index (χ1) is 10.0. The highest BCUT2D eigenvalue weighted by atomic mass is 19.1. The molecule has 1 aromatic carbocycles. The fourth-order valence-corrected chi connectivity index (χ4v) is 2.53. The first-order valence-electron chi connectivity index (χ1n) is 6.69. The molecule has 1 aliphatic rings. The van der Waals surface area contributed by atoms with Crippen LogP contribution in [0.1, 0.15) is 18.7 Å². The first kappa shape index (κ1) is 13.5. The van der Waals surface area contributed by atoms with Crippen LogP contribution in [-0.2, 0) is 16.1 Å². The van der Waals surface area contributed by atoms with E-state index in [2.05, 4.69) is 15.3 Å². The number of halogens is 1. The number of nitrogens with zero attached hydrogens (tertiary/aromatic N) is 1. The van der Waals surface area contributed by atoms with E-state index in [1.807, 2.05) is 0 Å². The van der Waals surface area contributed by atoms with E-state index < -0.39 is 17.8 Å². The number of carboxylic acids is 1. The van der Waals surface area contributed by atoms with Crippen LogP contribution in [0.15, 0.2) is 18.2 Å². The van der Waals surface area contributed by atoms with Gasteiger partial charge in [0.15, 0.2) is 0 Å². The van der Waals surface area contributed by atoms with E-state index in [0.29, 0.717) is 29.7 Å². The molecule has 1 heterocycles. The molecular formula is C14H14FN3O3. The second kappa shape index (κ2) is 5.16. The Bertz CT molecular complexity index is 713. The van der Waals surface area contributed by atoms with E-state index in [-0.39, 0.29) is 18.3 Å². The van der Waals surface area contributed by atoms with Crippen LogP contribution in [0.5, 0.6) is 0 Å². The molecule has 0 radical (unpaired) electrons. The minimum Gasteiger partial charge on any atom is -0.481 e. The van der Waals surface area contributed by atoms with Crippen LogP contribution in [0.3, 0.4) is 0 Å². The molecule has 7 heteroatoms. The Morgan fingerprint density at radius 2 is 2.14 bits per heavy atom. The average Bonchev–Trinajstić information content (AvgIpc) is 2.76. The maximum atomic E-state index is 13.1. The summed E-state index contributed by atoms with van der Waals surface area (Å²) < 4.78 is 13.1. The summed E-state index contributed by atoms with van der Waals surface area (Å²) in [6.07, 6.45) is 1.13. The van der Waals surface area contributed by atoms with Crippen LogP contribution in [0.2, 0.25) is 0 Å². The lowest BCUT2D eigenvalue weighted by Gasteiger charge is -2.31. The fourth-order valence-electron chi connectivity index (χ4n) is 2.53. The Balaban J connectivity index is 1.63. The molecule has 1 aromatic heterocycles. The van der Waals surface area contributed by atoms with Crippen molar-refractivity contribution in [2.24, 2.45) is 11.8 Å².